The molecule has 6 nitrogen and oxygen atoms in total. The van der Waals surface area contributed by atoms with Crippen molar-refractivity contribution in [2.75, 3.05) is 27.2 Å². The van der Waals surface area contributed by atoms with Crippen LogP contribution >= 0.6 is 0 Å². The first kappa shape index (κ1) is 17.6. The van der Waals surface area contributed by atoms with Crippen LogP contribution in [-0.2, 0) is 11.2 Å². The van der Waals surface area contributed by atoms with E-state index in [0.717, 1.165) is 37.2 Å². The van der Waals surface area contributed by atoms with Crippen LogP contribution in [0.1, 0.15) is 49.0 Å². The van der Waals surface area contributed by atoms with Gasteiger partial charge in [-0.2, -0.15) is 4.98 Å². The van der Waals surface area contributed by atoms with Gasteiger partial charge in [0, 0.05) is 25.4 Å². The zero-order valence-electron chi connectivity index (χ0n) is 15.2. The lowest BCUT2D eigenvalue weighted by Gasteiger charge is -2.35. The second-order valence-corrected chi connectivity index (χ2v) is 6.80. The summed E-state index contributed by atoms with van der Waals surface area (Å²) in [5.74, 6) is 1.69. The number of nitrogens with zero attached hydrogens (tertiary/aromatic N) is 4. The van der Waals surface area contributed by atoms with E-state index in [-0.39, 0.29) is 17.9 Å². The molecule has 134 valence electrons. The highest BCUT2D eigenvalue weighted by atomic mass is 16.5. The van der Waals surface area contributed by atoms with Crippen molar-refractivity contribution in [1.82, 2.24) is 19.9 Å². The number of aryl methyl sites for hydroxylation is 1. The third-order valence-corrected chi connectivity index (χ3v) is 4.75. The Bertz CT molecular complexity index is 698. The van der Waals surface area contributed by atoms with Crippen molar-refractivity contribution < 1.29 is 9.32 Å². The van der Waals surface area contributed by atoms with Crippen molar-refractivity contribution in [2.45, 2.75) is 38.1 Å². The number of carbonyl (C=O) groups excluding carboxylic acids is 1. The molecule has 1 aliphatic heterocycles. The first-order chi connectivity index (χ1) is 12.1. The zero-order chi connectivity index (χ0) is 17.8. The molecule has 2 aromatic rings. The molecule has 1 aliphatic rings. The maximum atomic E-state index is 13.2. The van der Waals surface area contributed by atoms with Crippen molar-refractivity contribution in [2.24, 2.45) is 0 Å². The Balaban J connectivity index is 1.76. The van der Waals surface area contributed by atoms with Crippen LogP contribution in [0.4, 0.5) is 0 Å². The van der Waals surface area contributed by atoms with Gasteiger partial charge in [-0.3, -0.25) is 9.69 Å². The summed E-state index contributed by atoms with van der Waals surface area (Å²) in [5.41, 5.74) is 1.02. The van der Waals surface area contributed by atoms with Crippen LogP contribution in [0.5, 0.6) is 0 Å². The summed E-state index contributed by atoms with van der Waals surface area (Å²) in [6.45, 7) is 3.43. The first-order valence-corrected chi connectivity index (χ1v) is 8.92. The lowest BCUT2D eigenvalue weighted by Crippen LogP contribution is -2.45. The van der Waals surface area contributed by atoms with Crippen LogP contribution in [0.25, 0.3) is 0 Å². The van der Waals surface area contributed by atoms with Gasteiger partial charge in [0.1, 0.15) is 6.04 Å². The van der Waals surface area contributed by atoms with Gasteiger partial charge in [0.25, 0.3) is 0 Å². The molecule has 0 saturated carbocycles. The zero-order valence-corrected chi connectivity index (χ0v) is 15.2. The summed E-state index contributed by atoms with van der Waals surface area (Å²) in [4.78, 5) is 21.6. The van der Waals surface area contributed by atoms with Gasteiger partial charge in [-0.25, -0.2) is 0 Å². The van der Waals surface area contributed by atoms with Crippen molar-refractivity contribution >= 4 is 5.91 Å². The van der Waals surface area contributed by atoms with Crippen molar-refractivity contribution in [3.63, 3.8) is 0 Å². The molecule has 1 aromatic carbocycles. The molecule has 1 fully saturated rings. The van der Waals surface area contributed by atoms with Crippen LogP contribution in [0.3, 0.4) is 0 Å². The van der Waals surface area contributed by atoms with E-state index in [1.54, 1.807) is 0 Å². The number of hydrogen-bond acceptors (Lipinski definition) is 5. The first-order valence-electron chi connectivity index (χ1n) is 8.92. The Morgan fingerprint density at radius 3 is 2.76 bits per heavy atom. The predicted octanol–water partition coefficient (Wildman–Crippen LogP) is 2.64. The second-order valence-electron chi connectivity index (χ2n) is 6.80. The lowest BCUT2D eigenvalue weighted by atomic mass is 9.95. The molecular weight excluding hydrogens is 316 g/mol. The summed E-state index contributed by atoms with van der Waals surface area (Å²) in [6.07, 6.45) is 2.69. The fraction of sp³-hybridized carbons (Fsp3) is 0.526. The Labute approximate surface area is 148 Å². The fourth-order valence-electron chi connectivity index (χ4n) is 3.44. The highest BCUT2D eigenvalue weighted by molar-refractivity contribution is 5.83. The third kappa shape index (κ3) is 3.90. The van der Waals surface area contributed by atoms with E-state index in [1.807, 2.05) is 61.2 Å². The smallest absolute Gasteiger partial charge is 0.244 e. The normalized spacial score (nSPS) is 19.2. The molecule has 0 aliphatic carbocycles. The van der Waals surface area contributed by atoms with Crippen molar-refractivity contribution in [1.29, 1.82) is 0 Å². The second kappa shape index (κ2) is 7.78. The maximum absolute atomic E-state index is 13.2. The van der Waals surface area contributed by atoms with Crippen LogP contribution in [0.15, 0.2) is 34.9 Å². The van der Waals surface area contributed by atoms with E-state index < -0.39 is 0 Å². The van der Waals surface area contributed by atoms with Gasteiger partial charge < -0.3 is 9.42 Å². The van der Waals surface area contributed by atoms with Gasteiger partial charge >= 0.3 is 0 Å². The number of benzene rings is 1. The van der Waals surface area contributed by atoms with Crippen LogP contribution < -0.4 is 0 Å². The number of rotatable bonds is 5. The minimum atomic E-state index is -0.267. The molecule has 3 rings (SSSR count). The Hall–Kier alpha value is -2.21. The van der Waals surface area contributed by atoms with Gasteiger partial charge in [0.05, 0.1) is 0 Å². The largest absolute Gasteiger partial charge is 0.340 e. The standard InChI is InChI=1S/C19H26N4O2/c1-4-16-20-18(21-25-16)15-11-8-12-23(13-15)19(24)17(22(2)3)14-9-6-5-7-10-14/h5-7,9-10,15,17H,4,8,11-13H2,1-3H3/t15-,17+/m1/s1. The van der Waals surface area contributed by atoms with E-state index in [4.69, 9.17) is 4.52 Å². The molecule has 0 N–H and O–H groups in total. The molecule has 25 heavy (non-hydrogen) atoms. The lowest BCUT2D eigenvalue weighted by molar-refractivity contribution is -0.137. The average molecular weight is 342 g/mol. The third-order valence-electron chi connectivity index (χ3n) is 4.75. The number of likely N-dealkylation sites (tertiary alicyclic amines) is 1. The highest BCUT2D eigenvalue weighted by Crippen LogP contribution is 2.28. The molecule has 1 aromatic heterocycles. The molecule has 6 heteroatoms. The SMILES string of the molecule is CCc1nc([C@@H]2CCCN(C(=O)[C@H](c3ccccc3)N(C)C)C2)no1. The molecule has 1 saturated heterocycles. The predicted molar refractivity (Wildman–Crippen MR) is 95.1 cm³/mol. The minimum Gasteiger partial charge on any atom is -0.340 e. The minimum absolute atomic E-state index is 0.139. The molecular formula is C19H26N4O2. The monoisotopic (exact) mass is 342 g/mol. The molecule has 0 radical (unpaired) electrons. The van der Waals surface area contributed by atoms with Gasteiger partial charge in [0.15, 0.2) is 5.82 Å². The quantitative estimate of drug-likeness (QED) is 0.836. The van der Waals surface area contributed by atoms with Crippen LogP contribution in [0, 0.1) is 0 Å². The van der Waals surface area contributed by atoms with Crippen molar-refractivity contribution in [3.05, 3.63) is 47.6 Å². The number of piperidine rings is 1. The van der Waals surface area contributed by atoms with Crippen molar-refractivity contribution in [3.8, 4) is 0 Å². The number of carbonyl (C=O) groups is 1. The number of hydrogen-bond donors (Lipinski definition) is 0. The Kier molecular flexibility index (Phi) is 5.48. The Morgan fingerprint density at radius 2 is 2.12 bits per heavy atom. The van der Waals surface area contributed by atoms with E-state index >= 15 is 0 Å². The molecule has 1 amide bonds. The average Bonchev–Trinajstić information content (AvgIpc) is 3.12. The summed E-state index contributed by atoms with van der Waals surface area (Å²) in [6, 6.07) is 9.68. The molecule has 2 atom stereocenters. The fourth-order valence-corrected chi connectivity index (χ4v) is 3.44. The molecule has 0 bridgehead atoms. The van der Waals surface area contributed by atoms with E-state index in [0.29, 0.717) is 12.4 Å². The summed E-state index contributed by atoms with van der Waals surface area (Å²) >= 11 is 0. The highest BCUT2D eigenvalue weighted by Gasteiger charge is 2.33. The van der Waals surface area contributed by atoms with Gasteiger partial charge in [0.2, 0.25) is 11.8 Å². The summed E-state index contributed by atoms with van der Waals surface area (Å²) < 4.78 is 5.24. The van der Waals surface area contributed by atoms with E-state index in [2.05, 4.69) is 10.1 Å². The van der Waals surface area contributed by atoms with E-state index in [1.165, 1.54) is 0 Å². The number of amides is 1. The number of likely N-dealkylation sites (N-methyl/N-ethyl adjacent to an activating group) is 1. The topological polar surface area (TPSA) is 62.5 Å². The van der Waals surface area contributed by atoms with E-state index in [9.17, 15) is 4.79 Å². The summed E-state index contributed by atoms with van der Waals surface area (Å²) in [7, 11) is 3.90. The molecule has 0 spiro atoms. The molecule has 2 heterocycles. The van der Waals surface area contributed by atoms with Crippen LogP contribution in [-0.4, -0.2) is 53.0 Å². The van der Waals surface area contributed by atoms with Gasteiger partial charge in [-0.15, -0.1) is 0 Å². The maximum Gasteiger partial charge on any atom is 0.244 e. The Morgan fingerprint density at radius 1 is 1.36 bits per heavy atom. The molecule has 0 unspecified atom stereocenters. The van der Waals surface area contributed by atoms with Crippen LogP contribution in [0.2, 0.25) is 0 Å². The van der Waals surface area contributed by atoms with Gasteiger partial charge in [-0.05, 0) is 32.5 Å². The summed E-state index contributed by atoms with van der Waals surface area (Å²) in [5, 5.41) is 4.11. The number of aromatic nitrogens is 2. The van der Waals surface area contributed by atoms with Gasteiger partial charge in [-0.1, -0.05) is 42.4 Å².